The third-order valence-corrected chi connectivity index (χ3v) is 7.76. The zero-order chi connectivity index (χ0) is 27.2. The minimum atomic E-state index is -0.549. The number of benzene rings is 2. The fraction of sp³-hybridized carbons (Fsp3) is 0.419. The van der Waals surface area contributed by atoms with Gasteiger partial charge in [-0.2, -0.15) is 0 Å². The van der Waals surface area contributed by atoms with Crippen molar-refractivity contribution in [3.05, 3.63) is 83.7 Å². The molecule has 3 atom stereocenters. The van der Waals surface area contributed by atoms with Gasteiger partial charge < -0.3 is 20.4 Å². The first-order valence-electron chi connectivity index (χ1n) is 13.9. The predicted octanol–water partition coefficient (Wildman–Crippen LogP) is 3.25. The lowest BCUT2D eigenvalue weighted by molar-refractivity contribution is -0.135. The highest BCUT2D eigenvalue weighted by atomic mass is 16.2. The second kappa shape index (κ2) is 12.5. The molecule has 0 unspecified atom stereocenters. The van der Waals surface area contributed by atoms with E-state index in [-0.39, 0.29) is 11.8 Å². The van der Waals surface area contributed by atoms with Gasteiger partial charge >= 0.3 is 0 Å². The molecule has 2 aromatic carbocycles. The summed E-state index contributed by atoms with van der Waals surface area (Å²) in [5.41, 5.74) is 4.02. The first kappa shape index (κ1) is 27.0. The molecular weight excluding hydrogens is 488 g/mol. The van der Waals surface area contributed by atoms with Gasteiger partial charge in [-0.25, -0.2) is 9.97 Å². The summed E-state index contributed by atoms with van der Waals surface area (Å²) in [4.78, 5) is 39.3. The summed E-state index contributed by atoms with van der Waals surface area (Å²) < 4.78 is 0. The van der Waals surface area contributed by atoms with Crippen LogP contribution in [-0.4, -0.2) is 83.4 Å². The number of nitrogens with zero attached hydrogens (tertiary/aromatic N) is 4. The van der Waals surface area contributed by atoms with E-state index in [2.05, 4.69) is 63.7 Å². The van der Waals surface area contributed by atoms with Gasteiger partial charge in [-0.15, -0.1) is 0 Å². The molecule has 2 fully saturated rings. The highest BCUT2D eigenvalue weighted by Gasteiger charge is 2.37. The molecule has 1 aromatic heterocycles. The minimum Gasteiger partial charge on any atom is -0.340 e. The molecule has 1 aliphatic heterocycles. The summed E-state index contributed by atoms with van der Waals surface area (Å²) >= 11 is 0. The Morgan fingerprint density at radius 1 is 0.974 bits per heavy atom. The standard InChI is InChI=1S/C31H38N6O2/c1-22-6-8-23(9-7-22)26-21-28(26)32-14-3-5-27(31(39)37-19-17-36(2)18-20-37)35-30(38)25-12-10-24(11-13-25)29-33-15-4-16-34-29/h4,6-13,15-16,26-28,32H,3,5,14,17-21H2,1-2H3,(H,35,38)/t26-,27-,28+/m0/s1. The van der Waals surface area contributed by atoms with Crippen molar-refractivity contribution in [2.24, 2.45) is 0 Å². The lowest BCUT2D eigenvalue weighted by Gasteiger charge is -2.34. The Bertz CT molecular complexity index is 1240. The number of aryl methyl sites for hydroxylation is 1. The highest BCUT2D eigenvalue weighted by molar-refractivity contribution is 5.97. The van der Waals surface area contributed by atoms with E-state index in [9.17, 15) is 9.59 Å². The van der Waals surface area contributed by atoms with Gasteiger partial charge in [-0.05, 0) is 63.5 Å². The molecule has 8 nitrogen and oxygen atoms in total. The van der Waals surface area contributed by atoms with E-state index in [0.29, 0.717) is 42.9 Å². The molecule has 39 heavy (non-hydrogen) atoms. The van der Waals surface area contributed by atoms with Gasteiger partial charge in [-0.3, -0.25) is 9.59 Å². The zero-order valence-electron chi connectivity index (χ0n) is 22.8. The normalized spacial score (nSPS) is 19.9. The van der Waals surface area contributed by atoms with Crippen LogP contribution in [-0.2, 0) is 4.79 Å². The van der Waals surface area contributed by atoms with Crippen molar-refractivity contribution in [1.82, 2.24) is 30.4 Å². The van der Waals surface area contributed by atoms with Gasteiger partial charge in [0.05, 0.1) is 0 Å². The summed E-state index contributed by atoms with van der Waals surface area (Å²) in [6.07, 6.45) is 5.94. The van der Waals surface area contributed by atoms with Crippen LogP contribution < -0.4 is 10.6 Å². The SMILES string of the molecule is Cc1ccc([C@@H]2C[C@H]2NCCC[C@H](NC(=O)c2ccc(-c3ncccn3)cc2)C(=O)N2CCN(C)CC2)cc1. The Hall–Kier alpha value is -3.62. The van der Waals surface area contributed by atoms with Crippen LogP contribution in [0.1, 0.15) is 46.7 Å². The molecular formula is C31H38N6O2. The Morgan fingerprint density at radius 2 is 1.67 bits per heavy atom. The maximum Gasteiger partial charge on any atom is 0.251 e. The van der Waals surface area contributed by atoms with Gasteiger partial charge in [0.25, 0.3) is 5.91 Å². The first-order valence-corrected chi connectivity index (χ1v) is 13.9. The van der Waals surface area contributed by atoms with Crippen LogP contribution in [0.4, 0.5) is 0 Å². The fourth-order valence-corrected chi connectivity index (χ4v) is 5.16. The second-order valence-electron chi connectivity index (χ2n) is 10.8. The van der Waals surface area contributed by atoms with Crippen LogP contribution in [0.15, 0.2) is 67.0 Å². The van der Waals surface area contributed by atoms with Crippen molar-refractivity contribution in [3.63, 3.8) is 0 Å². The smallest absolute Gasteiger partial charge is 0.251 e. The van der Waals surface area contributed by atoms with Crippen molar-refractivity contribution < 1.29 is 9.59 Å². The van der Waals surface area contributed by atoms with Crippen molar-refractivity contribution in [2.75, 3.05) is 39.8 Å². The van der Waals surface area contributed by atoms with E-state index in [1.54, 1.807) is 30.6 Å². The van der Waals surface area contributed by atoms with Crippen LogP contribution >= 0.6 is 0 Å². The average molecular weight is 527 g/mol. The van der Waals surface area contributed by atoms with Crippen molar-refractivity contribution in [3.8, 4) is 11.4 Å². The molecule has 2 amide bonds. The number of rotatable bonds is 10. The molecule has 2 N–H and O–H groups in total. The van der Waals surface area contributed by atoms with Gasteiger partial charge in [0.2, 0.25) is 5.91 Å². The van der Waals surface area contributed by atoms with E-state index in [0.717, 1.165) is 38.0 Å². The molecule has 0 spiro atoms. The van der Waals surface area contributed by atoms with E-state index in [1.807, 2.05) is 17.0 Å². The highest BCUT2D eigenvalue weighted by Crippen LogP contribution is 2.40. The summed E-state index contributed by atoms with van der Waals surface area (Å²) in [7, 11) is 2.07. The maximum atomic E-state index is 13.5. The molecule has 2 aliphatic rings. The molecule has 1 saturated carbocycles. The molecule has 0 radical (unpaired) electrons. The summed E-state index contributed by atoms with van der Waals surface area (Å²) in [5.74, 6) is 0.949. The number of likely N-dealkylation sites (N-methyl/N-ethyl adjacent to an activating group) is 1. The number of aromatic nitrogens is 2. The van der Waals surface area contributed by atoms with Crippen molar-refractivity contribution in [1.29, 1.82) is 0 Å². The van der Waals surface area contributed by atoms with Crippen LogP contribution in [0.5, 0.6) is 0 Å². The number of piperazine rings is 1. The van der Waals surface area contributed by atoms with Gasteiger partial charge in [0.1, 0.15) is 6.04 Å². The lowest BCUT2D eigenvalue weighted by Crippen LogP contribution is -2.54. The molecule has 1 saturated heterocycles. The lowest BCUT2D eigenvalue weighted by atomic mass is 10.1. The quantitative estimate of drug-likeness (QED) is 0.394. The van der Waals surface area contributed by atoms with E-state index in [1.165, 1.54) is 11.1 Å². The Labute approximate surface area is 230 Å². The number of amides is 2. The van der Waals surface area contributed by atoms with Gasteiger partial charge in [0, 0.05) is 61.7 Å². The van der Waals surface area contributed by atoms with Crippen LogP contribution in [0.2, 0.25) is 0 Å². The second-order valence-corrected chi connectivity index (χ2v) is 10.8. The topological polar surface area (TPSA) is 90.5 Å². The minimum absolute atomic E-state index is 0.00899. The number of carbonyl (C=O) groups excluding carboxylic acids is 2. The van der Waals surface area contributed by atoms with Crippen molar-refractivity contribution in [2.45, 2.75) is 44.2 Å². The average Bonchev–Trinajstić information content (AvgIpc) is 3.75. The number of hydrogen-bond acceptors (Lipinski definition) is 6. The third kappa shape index (κ3) is 7.07. The first-order chi connectivity index (χ1) is 19.0. The number of carbonyl (C=O) groups is 2. The Morgan fingerprint density at radius 3 is 2.36 bits per heavy atom. The van der Waals surface area contributed by atoms with E-state index < -0.39 is 6.04 Å². The third-order valence-electron chi connectivity index (χ3n) is 7.76. The molecule has 8 heteroatoms. The molecule has 0 bridgehead atoms. The summed E-state index contributed by atoms with van der Waals surface area (Å²) in [6, 6.07) is 17.7. The van der Waals surface area contributed by atoms with E-state index in [4.69, 9.17) is 0 Å². The molecule has 5 rings (SSSR count). The Kier molecular flexibility index (Phi) is 8.64. The van der Waals surface area contributed by atoms with Gasteiger partial charge in [-0.1, -0.05) is 42.0 Å². The monoisotopic (exact) mass is 526 g/mol. The molecule has 204 valence electrons. The largest absolute Gasteiger partial charge is 0.340 e. The fourth-order valence-electron chi connectivity index (χ4n) is 5.16. The maximum absolute atomic E-state index is 13.5. The Balaban J connectivity index is 1.17. The summed E-state index contributed by atoms with van der Waals surface area (Å²) in [5, 5.41) is 6.69. The zero-order valence-corrected chi connectivity index (χ0v) is 22.8. The number of nitrogens with one attached hydrogen (secondary N) is 2. The van der Waals surface area contributed by atoms with Crippen molar-refractivity contribution >= 4 is 11.8 Å². The van der Waals surface area contributed by atoms with Crippen LogP contribution in [0.25, 0.3) is 11.4 Å². The molecule has 3 aromatic rings. The molecule has 1 aliphatic carbocycles. The number of hydrogen-bond donors (Lipinski definition) is 2. The van der Waals surface area contributed by atoms with Crippen LogP contribution in [0, 0.1) is 6.92 Å². The van der Waals surface area contributed by atoms with Crippen LogP contribution in [0.3, 0.4) is 0 Å². The van der Waals surface area contributed by atoms with Gasteiger partial charge in [0.15, 0.2) is 5.82 Å². The predicted molar refractivity (Wildman–Crippen MR) is 152 cm³/mol. The molecule has 2 heterocycles. The van der Waals surface area contributed by atoms with E-state index >= 15 is 0 Å². The summed E-state index contributed by atoms with van der Waals surface area (Å²) in [6.45, 7) is 6.00.